The lowest BCUT2D eigenvalue weighted by molar-refractivity contribution is -0.0950. The van der Waals surface area contributed by atoms with Crippen molar-refractivity contribution in [1.82, 2.24) is 35.3 Å². The molecule has 4 aliphatic heterocycles. The van der Waals surface area contributed by atoms with Crippen molar-refractivity contribution in [3.8, 4) is 0 Å². The molecule has 3 aromatic heterocycles. The monoisotopic (exact) mass is 526 g/mol. The van der Waals surface area contributed by atoms with Gasteiger partial charge in [-0.25, -0.2) is 0 Å². The van der Waals surface area contributed by atoms with E-state index >= 15 is 0 Å². The first-order chi connectivity index (χ1) is 19.4. The molecule has 0 spiro atoms. The highest BCUT2D eigenvalue weighted by atomic mass is 16.5. The van der Waals surface area contributed by atoms with E-state index in [1.807, 2.05) is 37.0 Å². The number of H-pyrrole nitrogens is 2. The van der Waals surface area contributed by atoms with Gasteiger partial charge in [0, 0.05) is 51.3 Å². The van der Waals surface area contributed by atoms with Crippen molar-refractivity contribution in [2.75, 3.05) is 50.7 Å². The zero-order valence-corrected chi connectivity index (χ0v) is 22.4. The Bertz CT molecular complexity index is 1260. The Morgan fingerprint density at radius 3 is 2.51 bits per heavy atom. The molecule has 3 fully saturated rings. The van der Waals surface area contributed by atoms with E-state index in [0.717, 1.165) is 63.0 Å². The summed E-state index contributed by atoms with van der Waals surface area (Å²) in [5.41, 5.74) is 0.796. The van der Waals surface area contributed by atoms with Gasteiger partial charge in [0.2, 0.25) is 0 Å². The number of piperidine rings is 1. The number of likely N-dealkylation sites (tertiary alicyclic amines) is 1. The molecule has 0 saturated carbocycles. The third-order valence-corrected chi connectivity index (χ3v) is 9.25. The van der Waals surface area contributed by atoms with Crippen LogP contribution in [-0.4, -0.2) is 93.5 Å². The number of hydrogen-bond acceptors (Lipinski definition) is 7. The number of anilines is 1. The van der Waals surface area contributed by atoms with Gasteiger partial charge in [-0.2, -0.15) is 5.10 Å². The molecule has 4 atom stereocenters. The number of aromatic nitrogens is 4. The smallest absolute Gasteiger partial charge is 0.149 e. The molecule has 7 heterocycles. The Morgan fingerprint density at radius 2 is 1.82 bits per heavy atom. The number of hydrogen-bond donors (Lipinski definition) is 3. The van der Waals surface area contributed by atoms with Crippen LogP contribution in [0, 0.1) is 0 Å². The summed E-state index contributed by atoms with van der Waals surface area (Å²) in [4.78, 5) is 16.8. The van der Waals surface area contributed by atoms with Crippen LogP contribution < -0.4 is 10.2 Å². The van der Waals surface area contributed by atoms with Crippen LogP contribution >= 0.6 is 0 Å². The lowest BCUT2D eigenvalue weighted by atomic mass is 9.64. The Labute approximate surface area is 229 Å². The number of ether oxygens (including phenoxy) is 1. The van der Waals surface area contributed by atoms with Crippen molar-refractivity contribution < 1.29 is 4.74 Å². The lowest BCUT2D eigenvalue weighted by Gasteiger charge is -2.59. The standard InChI is InChI=1S/C30H38N8O/c1-5-18-37(19-6-1)30(27-10-3-7-22-39-27)26(36-20-16-31-17-21-36)23-38(28-11-8-14-33-28)29(30,25-12-15-34-35-25)24-9-2-4-13-32-24/h2-4,7-15,22,26-27,31,33H,1,5-6,16-21,23H2,(H,34,35). The second-order valence-electron chi connectivity index (χ2n) is 11.0. The zero-order valence-electron chi connectivity index (χ0n) is 22.4. The maximum Gasteiger partial charge on any atom is 0.149 e. The fraction of sp³-hybridized carbons (Fsp3) is 0.467. The highest BCUT2D eigenvalue weighted by Gasteiger charge is 2.74. The van der Waals surface area contributed by atoms with Gasteiger partial charge in [-0.05, 0) is 68.4 Å². The van der Waals surface area contributed by atoms with Crippen LogP contribution in [0.15, 0.2) is 79.5 Å². The van der Waals surface area contributed by atoms with E-state index in [4.69, 9.17) is 9.72 Å². The van der Waals surface area contributed by atoms with E-state index in [1.165, 1.54) is 19.3 Å². The van der Waals surface area contributed by atoms with Crippen molar-refractivity contribution >= 4 is 5.82 Å². The molecule has 39 heavy (non-hydrogen) atoms. The molecule has 0 aliphatic carbocycles. The molecule has 0 amide bonds. The number of piperazine rings is 1. The van der Waals surface area contributed by atoms with Gasteiger partial charge in [0.1, 0.15) is 23.0 Å². The summed E-state index contributed by atoms with van der Waals surface area (Å²) < 4.78 is 6.73. The summed E-state index contributed by atoms with van der Waals surface area (Å²) in [5.74, 6) is 1.07. The minimum atomic E-state index is -0.720. The first-order valence-electron chi connectivity index (χ1n) is 14.4. The van der Waals surface area contributed by atoms with Crippen molar-refractivity contribution in [2.24, 2.45) is 0 Å². The van der Waals surface area contributed by atoms with E-state index in [2.05, 4.69) is 77.7 Å². The molecule has 0 radical (unpaired) electrons. The van der Waals surface area contributed by atoms with Crippen LogP contribution in [0.3, 0.4) is 0 Å². The van der Waals surface area contributed by atoms with Gasteiger partial charge >= 0.3 is 0 Å². The average molecular weight is 527 g/mol. The predicted molar refractivity (Wildman–Crippen MR) is 151 cm³/mol. The van der Waals surface area contributed by atoms with Gasteiger partial charge < -0.3 is 19.9 Å². The Hall–Kier alpha value is -3.40. The van der Waals surface area contributed by atoms with E-state index in [9.17, 15) is 0 Å². The molecule has 9 heteroatoms. The van der Waals surface area contributed by atoms with Gasteiger partial charge in [-0.3, -0.25) is 19.9 Å². The van der Waals surface area contributed by atoms with Crippen molar-refractivity contribution in [1.29, 1.82) is 0 Å². The van der Waals surface area contributed by atoms with E-state index in [0.29, 0.717) is 0 Å². The molecular weight excluding hydrogens is 488 g/mol. The normalized spacial score (nSPS) is 31.9. The first-order valence-corrected chi connectivity index (χ1v) is 14.4. The van der Waals surface area contributed by atoms with Gasteiger partial charge in [0.05, 0.1) is 23.7 Å². The van der Waals surface area contributed by atoms with E-state index in [1.54, 1.807) is 0 Å². The molecule has 0 bridgehead atoms. The number of nitrogens with zero attached hydrogens (tertiary/aromatic N) is 5. The maximum absolute atomic E-state index is 6.73. The lowest BCUT2D eigenvalue weighted by Crippen LogP contribution is -2.76. The van der Waals surface area contributed by atoms with Gasteiger partial charge in [-0.15, -0.1) is 0 Å². The van der Waals surface area contributed by atoms with Crippen molar-refractivity contribution in [2.45, 2.75) is 42.5 Å². The predicted octanol–water partition coefficient (Wildman–Crippen LogP) is 2.86. The molecule has 4 aliphatic rings. The minimum Gasteiger partial charge on any atom is -0.492 e. The molecule has 4 unspecified atom stereocenters. The average Bonchev–Trinajstić information content (AvgIpc) is 3.79. The Balaban J connectivity index is 1.59. The Morgan fingerprint density at radius 1 is 0.923 bits per heavy atom. The van der Waals surface area contributed by atoms with Crippen LogP contribution in [0.2, 0.25) is 0 Å². The zero-order chi connectivity index (χ0) is 26.1. The number of allylic oxidation sites excluding steroid dienone is 2. The molecule has 9 nitrogen and oxygen atoms in total. The van der Waals surface area contributed by atoms with Crippen LogP contribution in [0.4, 0.5) is 5.82 Å². The Kier molecular flexibility index (Phi) is 6.50. The molecule has 7 rings (SSSR count). The van der Waals surface area contributed by atoms with Crippen LogP contribution in [-0.2, 0) is 10.3 Å². The molecule has 3 N–H and O–H groups in total. The summed E-state index contributed by atoms with van der Waals surface area (Å²) in [6.45, 7) is 6.80. The highest BCUT2D eigenvalue weighted by molar-refractivity contribution is 5.59. The number of rotatable bonds is 6. The summed E-state index contributed by atoms with van der Waals surface area (Å²) in [6, 6.07) is 12.9. The van der Waals surface area contributed by atoms with E-state index < -0.39 is 11.1 Å². The number of aromatic amines is 2. The molecule has 0 aromatic carbocycles. The van der Waals surface area contributed by atoms with Gasteiger partial charge in [0.25, 0.3) is 0 Å². The van der Waals surface area contributed by atoms with Crippen LogP contribution in [0.25, 0.3) is 0 Å². The van der Waals surface area contributed by atoms with Crippen LogP contribution in [0.1, 0.15) is 30.7 Å². The second kappa shape index (κ2) is 10.3. The maximum atomic E-state index is 6.73. The summed E-state index contributed by atoms with van der Waals surface area (Å²) >= 11 is 0. The third-order valence-electron chi connectivity index (χ3n) is 9.25. The van der Waals surface area contributed by atoms with Crippen molar-refractivity contribution in [3.63, 3.8) is 0 Å². The quantitative estimate of drug-likeness (QED) is 0.455. The second-order valence-corrected chi connectivity index (χ2v) is 11.0. The molecular formula is C30H38N8O. The topological polar surface area (TPSA) is 88.3 Å². The fourth-order valence-corrected chi connectivity index (χ4v) is 7.85. The van der Waals surface area contributed by atoms with Gasteiger partial charge in [0.15, 0.2) is 0 Å². The third kappa shape index (κ3) is 3.71. The highest BCUT2D eigenvalue weighted by Crippen LogP contribution is 2.58. The molecule has 204 valence electrons. The van der Waals surface area contributed by atoms with Crippen LogP contribution in [0.5, 0.6) is 0 Å². The fourth-order valence-electron chi connectivity index (χ4n) is 7.85. The van der Waals surface area contributed by atoms with Crippen molar-refractivity contribution in [3.05, 3.63) is 90.9 Å². The number of pyridine rings is 1. The SMILES string of the molecule is C1=COC(C2(N3CCCCC3)C(N3CCNCC3)CN(c3ccc[nH]3)C2(c2ccccn2)c2ccn[nH]2)C=C1. The largest absolute Gasteiger partial charge is 0.492 e. The van der Waals surface area contributed by atoms with Gasteiger partial charge in [-0.1, -0.05) is 18.6 Å². The number of nitrogens with one attached hydrogen (secondary N) is 3. The minimum absolute atomic E-state index is 0.160. The summed E-state index contributed by atoms with van der Waals surface area (Å²) in [7, 11) is 0. The summed E-state index contributed by atoms with van der Waals surface area (Å²) in [6.07, 6.45) is 17.5. The molecule has 3 aromatic rings. The summed E-state index contributed by atoms with van der Waals surface area (Å²) in [5, 5.41) is 11.6. The van der Waals surface area contributed by atoms with E-state index in [-0.39, 0.29) is 12.1 Å². The molecule has 3 saturated heterocycles. The first kappa shape index (κ1) is 24.6.